The summed E-state index contributed by atoms with van der Waals surface area (Å²) in [5.74, 6) is 3.06. The molecule has 1 atom stereocenters. The predicted molar refractivity (Wildman–Crippen MR) is 103 cm³/mol. The van der Waals surface area contributed by atoms with Crippen molar-refractivity contribution in [2.75, 3.05) is 7.11 Å². The minimum absolute atomic E-state index is 0.198. The minimum Gasteiger partial charge on any atom is -0.457 e. The monoisotopic (exact) mass is 343 g/mol. The molecule has 25 heavy (non-hydrogen) atoms. The Morgan fingerprint density at radius 1 is 0.880 bits per heavy atom. The normalized spacial score (nSPS) is 11.4. The van der Waals surface area contributed by atoms with Crippen LogP contribution in [0.1, 0.15) is 38.3 Å². The number of nitrogens with zero attached hydrogens (tertiary/aromatic N) is 1. The second-order valence-electron chi connectivity index (χ2n) is 6.44. The van der Waals surface area contributed by atoms with E-state index in [1.165, 1.54) is 12.0 Å². The summed E-state index contributed by atoms with van der Waals surface area (Å²) in [5, 5.41) is 9.88. The molecule has 2 aromatic carbocycles. The van der Waals surface area contributed by atoms with Crippen LogP contribution in [0.5, 0.6) is 11.5 Å². The number of benzene rings is 2. The summed E-state index contributed by atoms with van der Waals surface area (Å²) in [4.78, 5) is 10.2. The Balaban J connectivity index is 0.00000151. The van der Waals surface area contributed by atoms with E-state index < -0.39 is 0 Å². The van der Waals surface area contributed by atoms with Gasteiger partial charge >= 0.3 is 0 Å². The van der Waals surface area contributed by atoms with Gasteiger partial charge in [-0.1, -0.05) is 50.2 Å². The lowest BCUT2D eigenvalue weighted by Gasteiger charge is -2.15. The fraction of sp³-hybridized carbons (Fsp3) is 0.429. The SMILES string of the molecule is CC(C)C(C)CCc1ccc(Oc2ccc(CN=O)cc2)cc1.CO. The number of nitroso groups, excluding NO2 is 1. The van der Waals surface area contributed by atoms with E-state index in [0.717, 1.165) is 42.4 Å². The maximum absolute atomic E-state index is 10.2. The van der Waals surface area contributed by atoms with Crippen molar-refractivity contribution in [1.29, 1.82) is 0 Å². The first-order chi connectivity index (χ1) is 12.1. The maximum Gasteiger partial charge on any atom is 0.127 e. The van der Waals surface area contributed by atoms with E-state index in [9.17, 15) is 4.91 Å². The first-order valence-electron chi connectivity index (χ1n) is 8.68. The molecular weight excluding hydrogens is 314 g/mol. The molecule has 0 spiro atoms. The van der Waals surface area contributed by atoms with Crippen LogP contribution in [0.3, 0.4) is 0 Å². The number of rotatable bonds is 8. The molecule has 0 bridgehead atoms. The van der Waals surface area contributed by atoms with E-state index in [-0.39, 0.29) is 6.54 Å². The van der Waals surface area contributed by atoms with Crippen molar-refractivity contribution >= 4 is 0 Å². The standard InChI is InChI=1S/C20H25NO2.CH4O/c1-15(2)16(3)4-5-17-6-10-19(11-7-17)23-20-12-8-18(9-13-20)14-21-22;1-2/h6-13,15-16H,4-5,14H2,1-3H3;2H,1H3. The highest BCUT2D eigenvalue weighted by atomic mass is 16.5. The zero-order valence-electron chi connectivity index (χ0n) is 15.6. The van der Waals surface area contributed by atoms with Crippen LogP contribution >= 0.6 is 0 Å². The number of hydrogen-bond acceptors (Lipinski definition) is 4. The van der Waals surface area contributed by atoms with Crippen molar-refractivity contribution in [2.24, 2.45) is 17.0 Å². The average Bonchev–Trinajstić information content (AvgIpc) is 2.64. The number of aryl methyl sites for hydroxylation is 1. The number of hydrogen-bond donors (Lipinski definition) is 1. The van der Waals surface area contributed by atoms with Crippen LogP contribution < -0.4 is 4.74 Å². The lowest BCUT2D eigenvalue weighted by molar-refractivity contribution is 0.392. The summed E-state index contributed by atoms with van der Waals surface area (Å²) >= 11 is 0. The topological polar surface area (TPSA) is 58.9 Å². The second kappa shape index (κ2) is 11.4. The van der Waals surface area contributed by atoms with Gasteiger partial charge in [-0.15, -0.1) is 0 Å². The van der Waals surface area contributed by atoms with E-state index in [4.69, 9.17) is 9.84 Å². The molecule has 0 aromatic heterocycles. The fourth-order valence-corrected chi connectivity index (χ4v) is 2.33. The van der Waals surface area contributed by atoms with Crippen molar-refractivity contribution in [3.8, 4) is 11.5 Å². The molecule has 0 heterocycles. The second-order valence-corrected chi connectivity index (χ2v) is 6.44. The van der Waals surface area contributed by atoms with Crippen molar-refractivity contribution in [3.05, 3.63) is 64.6 Å². The van der Waals surface area contributed by atoms with Crippen molar-refractivity contribution in [3.63, 3.8) is 0 Å². The van der Waals surface area contributed by atoms with Gasteiger partial charge in [0.25, 0.3) is 0 Å². The van der Waals surface area contributed by atoms with Gasteiger partial charge in [-0.05, 0) is 60.1 Å². The third-order valence-corrected chi connectivity index (χ3v) is 4.36. The highest BCUT2D eigenvalue weighted by molar-refractivity contribution is 5.34. The Labute approximate surface area is 150 Å². The molecule has 0 saturated heterocycles. The molecule has 2 aromatic rings. The summed E-state index contributed by atoms with van der Waals surface area (Å²) in [5.41, 5.74) is 2.24. The third-order valence-electron chi connectivity index (χ3n) is 4.36. The first kappa shape index (κ1) is 20.8. The molecule has 136 valence electrons. The quantitative estimate of drug-likeness (QED) is 0.637. The van der Waals surface area contributed by atoms with Crippen LogP contribution in [0.25, 0.3) is 0 Å². The number of aliphatic hydroxyl groups excluding tert-OH is 1. The molecule has 1 unspecified atom stereocenters. The molecular formula is C21H29NO3. The molecule has 0 fully saturated rings. The smallest absolute Gasteiger partial charge is 0.127 e. The van der Waals surface area contributed by atoms with E-state index in [0.29, 0.717) is 0 Å². The molecule has 0 amide bonds. The largest absolute Gasteiger partial charge is 0.457 e. The molecule has 4 heteroatoms. The molecule has 4 nitrogen and oxygen atoms in total. The Morgan fingerprint density at radius 3 is 1.80 bits per heavy atom. The molecule has 1 N–H and O–H groups in total. The fourth-order valence-electron chi connectivity index (χ4n) is 2.33. The Hall–Kier alpha value is -2.20. The molecule has 2 rings (SSSR count). The molecule has 0 aliphatic rings. The van der Waals surface area contributed by atoms with E-state index in [1.807, 2.05) is 36.4 Å². The van der Waals surface area contributed by atoms with Gasteiger partial charge < -0.3 is 9.84 Å². The number of ether oxygens (including phenoxy) is 1. The van der Waals surface area contributed by atoms with Gasteiger partial charge in [-0.25, -0.2) is 0 Å². The van der Waals surface area contributed by atoms with Crippen molar-refractivity contribution < 1.29 is 9.84 Å². The van der Waals surface area contributed by atoms with E-state index >= 15 is 0 Å². The van der Waals surface area contributed by atoms with Gasteiger partial charge in [-0.3, -0.25) is 0 Å². The molecule has 0 saturated carbocycles. The van der Waals surface area contributed by atoms with E-state index in [1.54, 1.807) is 0 Å². The highest BCUT2D eigenvalue weighted by Crippen LogP contribution is 2.23. The zero-order chi connectivity index (χ0) is 18.7. The van der Waals surface area contributed by atoms with Gasteiger partial charge in [0.2, 0.25) is 0 Å². The first-order valence-corrected chi connectivity index (χ1v) is 8.68. The Kier molecular flexibility index (Phi) is 9.48. The minimum atomic E-state index is 0.198. The van der Waals surface area contributed by atoms with Gasteiger partial charge in [-0.2, -0.15) is 4.91 Å². The summed E-state index contributed by atoms with van der Waals surface area (Å²) in [6.07, 6.45) is 2.32. The maximum atomic E-state index is 10.2. The van der Waals surface area contributed by atoms with Crippen LogP contribution in [0.4, 0.5) is 0 Å². The lowest BCUT2D eigenvalue weighted by Crippen LogP contribution is -2.05. The Morgan fingerprint density at radius 2 is 1.36 bits per heavy atom. The van der Waals surface area contributed by atoms with E-state index in [2.05, 4.69) is 38.1 Å². The van der Waals surface area contributed by atoms with Gasteiger partial charge in [0.1, 0.15) is 18.0 Å². The van der Waals surface area contributed by atoms with Crippen LogP contribution in [-0.4, -0.2) is 12.2 Å². The van der Waals surface area contributed by atoms with Gasteiger partial charge in [0, 0.05) is 7.11 Å². The third kappa shape index (κ3) is 7.48. The summed E-state index contributed by atoms with van der Waals surface area (Å²) in [6, 6.07) is 15.7. The van der Waals surface area contributed by atoms with Crippen LogP contribution in [0, 0.1) is 16.7 Å². The molecule has 0 aliphatic heterocycles. The highest BCUT2D eigenvalue weighted by Gasteiger charge is 2.07. The van der Waals surface area contributed by atoms with Gasteiger partial charge in [0.05, 0.1) is 0 Å². The molecule has 0 radical (unpaired) electrons. The van der Waals surface area contributed by atoms with Crippen LogP contribution in [-0.2, 0) is 13.0 Å². The van der Waals surface area contributed by atoms with Crippen molar-refractivity contribution in [2.45, 2.75) is 40.2 Å². The predicted octanol–water partition coefficient (Wildman–Crippen LogP) is 5.58. The summed E-state index contributed by atoms with van der Waals surface area (Å²) in [7, 11) is 1.00. The van der Waals surface area contributed by atoms with Crippen LogP contribution in [0.15, 0.2) is 53.7 Å². The average molecular weight is 343 g/mol. The lowest BCUT2D eigenvalue weighted by atomic mass is 9.91. The Bertz CT molecular complexity index is 606. The number of aliphatic hydroxyl groups is 1. The van der Waals surface area contributed by atoms with Gasteiger partial charge in [0.15, 0.2) is 0 Å². The summed E-state index contributed by atoms with van der Waals surface area (Å²) in [6.45, 7) is 7.06. The van der Waals surface area contributed by atoms with Crippen molar-refractivity contribution in [1.82, 2.24) is 0 Å². The van der Waals surface area contributed by atoms with Crippen LogP contribution in [0.2, 0.25) is 0 Å². The summed E-state index contributed by atoms with van der Waals surface area (Å²) < 4.78 is 5.82. The zero-order valence-corrected chi connectivity index (χ0v) is 15.6. The molecule has 0 aliphatic carbocycles.